The molecule has 12 heteroatoms. The molecule has 2 saturated carbocycles. The second-order valence-electron chi connectivity index (χ2n) is 13.8. The van der Waals surface area contributed by atoms with E-state index in [1.54, 1.807) is 12.1 Å². The molecule has 1 aromatic carbocycles. The lowest BCUT2D eigenvalue weighted by molar-refractivity contribution is -0.144. The Balaban J connectivity index is 1.70. The predicted molar refractivity (Wildman–Crippen MR) is 177 cm³/mol. The molecule has 5 atom stereocenters. The first-order valence-corrected chi connectivity index (χ1v) is 17.2. The molecule has 268 valence electrons. The van der Waals surface area contributed by atoms with Gasteiger partial charge in [0, 0.05) is 33.0 Å². The lowest BCUT2D eigenvalue weighted by Gasteiger charge is -2.33. The average Bonchev–Trinajstić information content (AvgIpc) is 3.86. The van der Waals surface area contributed by atoms with Crippen molar-refractivity contribution >= 4 is 17.7 Å². The molecular weight excluding hydrogens is 625 g/mol. The van der Waals surface area contributed by atoms with Gasteiger partial charge in [-0.25, -0.2) is 0 Å². The minimum absolute atomic E-state index is 0.00899. The maximum atomic E-state index is 13.7. The van der Waals surface area contributed by atoms with E-state index in [4.69, 9.17) is 6.42 Å². The van der Waals surface area contributed by atoms with Crippen LogP contribution in [0.1, 0.15) is 76.2 Å². The predicted octanol–water partition coefficient (Wildman–Crippen LogP) is 3.67. The molecule has 9 nitrogen and oxygen atoms in total. The van der Waals surface area contributed by atoms with E-state index in [0.29, 0.717) is 24.7 Å². The number of alkyl halides is 3. The number of carbonyl (C=O) groups excluding carboxylic acids is 3. The number of amides is 3. The van der Waals surface area contributed by atoms with Gasteiger partial charge in [0.1, 0.15) is 12.1 Å². The summed E-state index contributed by atoms with van der Waals surface area (Å²) in [6, 6.07) is 7.19. The van der Waals surface area contributed by atoms with Crippen LogP contribution in [0.5, 0.6) is 0 Å². The zero-order valence-corrected chi connectivity index (χ0v) is 28.3. The number of nitrogens with one attached hydrogen (secondary N) is 2. The molecule has 48 heavy (non-hydrogen) atoms. The molecule has 0 aromatic heterocycles. The van der Waals surface area contributed by atoms with Crippen LogP contribution in [0.25, 0.3) is 0 Å². The van der Waals surface area contributed by atoms with Gasteiger partial charge in [0.05, 0.1) is 24.6 Å². The summed E-state index contributed by atoms with van der Waals surface area (Å²) in [4.78, 5) is 43.0. The Bertz CT molecular complexity index is 1200. The Morgan fingerprint density at radius 1 is 0.938 bits per heavy atom. The summed E-state index contributed by atoms with van der Waals surface area (Å²) < 4.78 is 38.2. The largest absolute Gasteiger partial charge is 0.401 e. The fraction of sp³-hybridized carbons (Fsp3) is 0.694. The Labute approximate surface area is 283 Å². The third kappa shape index (κ3) is 14.1. The van der Waals surface area contributed by atoms with Gasteiger partial charge in [-0.1, -0.05) is 75.3 Å². The number of benzene rings is 1. The van der Waals surface area contributed by atoms with Crippen molar-refractivity contribution in [1.29, 1.82) is 0 Å². The van der Waals surface area contributed by atoms with E-state index in [2.05, 4.69) is 16.6 Å². The highest BCUT2D eigenvalue weighted by Gasteiger charge is 2.36. The zero-order chi connectivity index (χ0) is 35.3. The molecule has 3 rings (SSSR count). The van der Waals surface area contributed by atoms with E-state index < -0.39 is 60.7 Å². The van der Waals surface area contributed by atoms with E-state index in [1.807, 2.05) is 18.2 Å². The number of hydrogen-bond donors (Lipinski definition) is 4. The molecule has 3 amide bonds. The van der Waals surface area contributed by atoms with Gasteiger partial charge in [-0.05, 0) is 43.7 Å². The van der Waals surface area contributed by atoms with Crippen molar-refractivity contribution in [3.63, 3.8) is 0 Å². The van der Waals surface area contributed by atoms with Gasteiger partial charge in [-0.15, -0.1) is 12.3 Å². The van der Waals surface area contributed by atoms with E-state index in [0.717, 1.165) is 55.4 Å². The Morgan fingerprint density at radius 2 is 1.58 bits per heavy atom. The van der Waals surface area contributed by atoms with Crippen molar-refractivity contribution in [2.45, 2.75) is 108 Å². The highest BCUT2D eigenvalue weighted by Crippen LogP contribution is 2.35. The summed E-state index contributed by atoms with van der Waals surface area (Å²) in [6.07, 6.45) is 7.13. The molecule has 4 N–H and O–H groups in total. The lowest BCUT2D eigenvalue weighted by Crippen LogP contribution is -2.56. The minimum Gasteiger partial charge on any atom is -0.390 e. The first kappa shape index (κ1) is 39.3. The number of rotatable bonds is 19. The van der Waals surface area contributed by atoms with Crippen LogP contribution in [0.4, 0.5) is 13.2 Å². The fourth-order valence-corrected chi connectivity index (χ4v) is 6.42. The summed E-state index contributed by atoms with van der Waals surface area (Å²) in [5.74, 6) is 0.640. The molecule has 0 saturated heterocycles. The average molecular weight is 679 g/mol. The normalized spacial score (nSPS) is 18.6. The van der Waals surface area contributed by atoms with Crippen LogP contribution in [0.2, 0.25) is 0 Å². The van der Waals surface area contributed by atoms with E-state index in [1.165, 1.54) is 19.0 Å². The first-order valence-electron chi connectivity index (χ1n) is 17.2. The number of carbonyl (C=O) groups is 3. The van der Waals surface area contributed by atoms with Gasteiger partial charge in [-0.3, -0.25) is 19.3 Å². The summed E-state index contributed by atoms with van der Waals surface area (Å²) in [5, 5.41) is 27.6. The van der Waals surface area contributed by atoms with Gasteiger partial charge in [-0.2, -0.15) is 13.2 Å². The quantitative estimate of drug-likeness (QED) is 0.166. The number of aliphatic hydroxyl groups is 2. The Hall–Kier alpha value is -3.14. The summed E-state index contributed by atoms with van der Waals surface area (Å²) in [7, 11) is 2.80. The van der Waals surface area contributed by atoms with Crippen molar-refractivity contribution in [3.05, 3.63) is 35.9 Å². The van der Waals surface area contributed by atoms with Crippen LogP contribution in [-0.4, -0.2) is 102 Å². The van der Waals surface area contributed by atoms with Crippen LogP contribution in [-0.2, 0) is 20.8 Å². The molecule has 2 aliphatic carbocycles. The van der Waals surface area contributed by atoms with Crippen molar-refractivity contribution in [3.8, 4) is 12.3 Å². The second kappa shape index (κ2) is 19.2. The summed E-state index contributed by atoms with van der Waals surface area (Å²) in [6.45, 7) is -1.08. The second-order valence-corrected chi connectivity index (χ2v) is 13.8. The molecule has 0 heterocycles. The molecule has 0 spiro atoms. The highest BCUT2D eigenvalue weighted by atomic mass is 19.4. The van der Waals surface area contributed by atoms with Gasteiger partial charge in [0.15, 0.2) is 0 Å². The molecule has 1 aromatic rings. The SMILES string of the molecule is C#CC[C@H](NC(=O)C(CC(=O)N(C)CCN(C)CC(F)(F)F)Cc1ccccc1)C(=O)NC(CC1CCCCC1)[C@@H](O)C(O)CC1CC1. The highest BCUT2D eigenvalue weighted by molar-refractivity contribution is 5.91. The first-order chi connectivity index (χ1) is 22.8. The molecule has 2 fully saturated rings. The number of likely N-dealkylation sites (N-methyl/N-ethyl adjacent to an activating group) is 2. The molecule has 0 aliphatic heterocycles. The monoisotopic (exact) mass is 678 g/mol. The third-order valence-corrected chi connectivity index (χ3v) is 9.48. The molecule has 0 bridgehead atoms. The smallest absolute Gasteiger partial charge is 0.390 e. The molecule has 0 radical (unpaired) electrons. The van der Waals surface area contributed by atoms with Crippen LogP contribution in [0.3, 0.4) is 0 Å². The van der Waals surface area contributed by atoms with E-state index in [-0.39, 0.29) is 32.4 Å². The zero-order valence-electron chi connectivity index (χ0n) is 28.3. The summed E-state index contributed by atoms with van der Waals surface area (Å²) in [5.41, 5.74) is 0.788. The van der Waals surface area contributed by atoms with Gasteiger partial charge < -0.3 is 25.7 Å². The van der Waals surface area contributed by atoms with Crippen molar-refractivity contribution in [1.82, 2.24) is 20.4 Å². The lowest BCUT2D eigenvalue weighted by atomic mass is 9.82. The maximum Gasteiger partial charge on any atom is 0.401 e. The van der Waals surface area contributed by atoms with Crippen LogP contribution < -0.4 is 10.6 Å². The van der Waals surface area contributed by atoms with Gasteiger partial charge >= 0.3 is 6.18 Å². The molecular formula is C36H53F3N4O5. The third-order valence-electron chi connectivity index (χ3n) is 9.48. The van der Waals surface area contributed by atoms with Crippen LogP contribution in [0, 0.1) is 30.1 Å². The van der Waals surface area contributed by atoms with Crippen molar-refractivity contribution in [2.75, 3.05) is 33.7 Å². The topological polar surface area (TPSA) is 122 Å². The van der Waals surface area contributed by atoms with Crippen molar-refractivity contribution < 1.29 is 37.8 Å². The minimum atomic E-state index is -4.36. The number of halogens is 3. The Morgan fingerprint density at radius 3 is 2.19 bits per heavy atom. The maximum absolute atomic E-state index is 13.7. The summed E-state index contributed by atoms with van der Waals surface area (Å²) >= 11 is 0. The number of terminal acetylenes is 1. The Kier molecular flexibility index (Phi) is 15.7. The standard InChI is InChI=1S/C36H53F3N4O5/c1-4-11-29(35(48)41-30(21-26-14-9-6-10-15-26)33(46)31(44)22-27-16-17-27)40-34(47)28(20-25-12-7-5-8-13-25)23-32(45)43(3)19-18-42(2)24-36(37,38)39/h1,5,7-8,12-13,26-31,33,44,46H,6,9-11,14-24H2,2-3H3,(H,40,47)(H,41,48)/t28?,29-,30?,31?,33+/m0/s1. The van der Waals surface area contributed by atoms with Gasteiger partial charge in [0.25, 0.3) is 0 Å². The van der Waals surface area contributed by atoms with Crippen LogP contribution in [0.15, 0.2) is 30.3 Å². The molecule has 3 unspecified atom stereocenters. The number of hydrogen-bond acceptors (Lipinski definition) is 6. The van der Waals surface area contributed by atoms with Crippen LogP contribution >= 0.6 is 0 Å². The fourth-order valence-electron chi connectivity index (χ4n) is 6.42. The van der Waals surface area contributed by atoms with E-state index >= 15 is 0 Å². The van der Waals surface area contributed by atoms with Crippen molar-refractivity contribution in [2.24, 2.45) is 17.8 Å². The van der Waals surface area contributed by atoms with E-state index in [9.17, 15) is 37.8 Å². The number of aliphatic hydroxyl groups excluding tert-OH is 2. The van der Waals surface area contributed by atoms with Gasteiger partial charge in [0.2, 0.25) is 17.7 Å². The molecule has 2 aliphatic rings. The number of nitrogens with zero attached hydrogens (tertiary/aromatic N) is 2.